The van der Waals surface area contributed by atoms with Gasteiger partial charge in [0.15, 0.2) is 0 Å². The van der Waals surface area contributed by atoms with Gasteiger partial charge in [0, 0.05) is 0 Å². The number of ether oxygens (including phenoxy) is 2. The third-order valence-electron chi connectivity index (χ3n) is 2.47. The third-order valence-corrected chi connectivity index (χ3v) is 2.47. The zero-order valence-electron chi connectivity index (χ0n) is 8.03. The van der Waals surface area contributed by atoms with Crippen LogP contribution in [0.4, 0.5) is 0 Å². The number of carbonyl (C=O) groups is 1. The summed E-state index contributed by atoms with van der Waals surface area (Å²) in [5.74, 6) is -0.481. The molecule has 13 heavy (non-hydrogen) atoms. The van der Waals surface area contributed by atoms with Gasteiger partial charge < -0.3 is 14.6 Å². The van der Waals surface area contributed by atoms with Gasteiger partial charge in [0.05, 0.1) is 31.8 Å². The minimum atomic E-state index is -0.247. The van der Waals surface area contributed by atoms with Crippen LogP contribution >= 0.6 is 0 Å². The van der Waals surface area contributed by atoms with Crippen LogP contribution in [-0.4, -0.2) is 37.0 Å². The predicted molar refractivity (Wildman–Crippen MR) is 46.2 cm³/mol. The van der Waals surface area contributed by atoms with Crippen molar-refractivity contribution in [2.24, 2.45) is 5.92 Å². The fraction of sp³-hybridized carbons (Fsp3) is 0.889. The summed E-state index contributed by atoms with van der Waals surface area (Å²) in [6.07, 6.45) is 1.45. The Kier molecular flexibility index (Phi) is 3.69. The number of aliphatic hydroxyl groups excluding tert-OH is 1. The first-order valence-electron chi connectivity index (χ1n) is 4.53. The minimum absolute atomic E-state index is 0.0321. The van der Waals surface area contributed by atoms with E-state index in [1.54, 1.807) is 6.92 Å². The van der Waals surface area contributed by atoms with Crippen LogP contribution in [-0.2, 0) is 14.3 Å². The van der Waals surface area contributed by atoms with Crippen molar-refractivity contribution in [3.63, 3.8) is 0 Å². The normalized spacial score (nSPS) is 30.1. The van der Waals surface area contributed by atoms with Gasteiger partial charge in [0.25, 0.3) is 0 Å². The lowest BCUT2D eigenvalue weighted by atomic mass is 10.0. The molecule has 1 saturated heterocycles. The highest BCUT2D eigenvalue weighted by atomic mass is 16.5. The molecule has 76 valence electrons. The molecular weight excluding hydrogens is 172 g/mol. The van der Waals surface area contributed by atoms with Gasteiger partial charge in [0.1, 0.15) is 0 Å². The molecule has 0 radical (unpaired) electrons. The third kappa shape index (κ3) is 2.42. The van der Waals surface area contributed by atoms with Crippen LogP contribution in [0.15, 0.2) is 0 Å². The van der Waals surface area contributed by atoms with E-state index in [1.165, 1.54) is 7.11 Å². The average molecular weight is 188 g/mol. The molecule has 0 amide bonds. The standard InChI is InChI=1S/C9H16O4/c1-6(9(11)12-2)8-4-3-7(5-10)13-8/h6-8,10H,3-5H2,1-2H3/t6-,7-,8+/m1/s1. The van der Waals surface area contributed by atoms with Crippen LogP contribution < -0.4 is 0 Å². The topological polar surface area (TPSA) is 55.8 Å². The Morgan fingerprint density at radius 2 is 2.38 bits per heavy atom. The van der Waals surface area contributed by atoms with Gasteiger partial charge in [-0.3, -0.25) is 4.79 Å². The van der Waals surface area contributed by atoms with Crippen LogP contribution in [0.5, 0.6) is 0 Å². The molecule has 0 bridgehead atoms. The van der Waals surface area contributed by atoms with Crippen molar-refractivity contribution in [1.82, 2.24) is 0 Å². The van der Waals surface area contributed by atoms with Gasteiger partial charge >= 0.3 is 5.97 Å². The number of hydrogen-bond acceptors (Lipinski definition) is 4. The van der Waals surface area contributed by atoms with Crippen molar-refractivity contribution in [3.8, 4) is 0 Å². The first-order valence-corrected chi connectivity index (χ1v) is 4.53. The van der Waals surface area contributed by atoms with Crippen LogP contribution in [0.25, 0.3) is 0 Å². The van der Waals surface area contributed by atoms with Crippen molar-refractivity contribution in [2.45, 2.75) is 32.0 Å². The fourth-order valence-corrected chi connectivity index (χ4v) is 1.57. The van der Waals surface area contributed by atoms with Crippen LogP contribution in [0.1, 0.15) is 19.8 Å². The van der Waals surface area contributed by atoms with Crippen LogP contribution in [0.3, 0.4) is 0 Å². The Morgan fingerprint density at radius 1 is 1.69 bits per heavy atom. The highest BCUT2D eigenvalue weighted by molar-refractivity contribution is 5.72. The number of carbonyl (C=O) groups excluding carboxylic acids is 1. The van der Waals surface area contributed by atoms with Gasteiger partial charge in [-0.2, -0.15) is 0 Å². The summed E-state index contributed by atoms with van der Waals surface area (Å²) < 4.78 is 10.1. The highest BCUT2D eigenvalue weighted by Crippen LogP contribution is 2.25. The van der Waals surface area contributed by atoms with E-state index >= 15 is 0 Å². The first kappa shape index (κ1) is 10.5. The molecule has 1 fully saturated rings. The van der Waals surface area contributed by atoms with E-state index in [9.17, 15) is 4.79 Å². The maximum Gasteiger partial charge on any atom is 0.311 e. The van der Waals surface area contributed by atoms with Gasteiger partial charge in [-0.1, -0.05) is 0 Å². The van der Waals surface area contributed by atoms with Crippen LogP contribution in [0, 0.1) is 5.92 Å². The molecule has 0 spiro atoms. The van der Waals surface area contributed by atoms with Crippen molar-refractivity contribution in [2.75, 3.05) is 13.7 Å². The summed E-state index contributed by atoms with van der Waals surface area (Å²) in [4.78, 5) is 11.1. The lowest BCUT2D eigenvalue weighted by Gasteiger charge is -2.17. The van der Waals surface area contributed by atoms with E-state index in [0.29, 0.717) is 0 Å². The Balaban J connectivity index is 2.41. The summed E-state index contributed by atoms with van der Waals surface area (Å²) in [7, 11) is 1.37. The molecular formula is C9H16O4. The van der Waals surface area contributed by atoms with Gasteiger partial charge in [0.2, 0.25) is 0 Å². The molecule has 4 heteroatoms. The minimum Gasteiger partial charge on any atom is -0.469 e. The lowest BCUT2D eigenvalue weighted by Crippen LogP contribution is -2.27. The van der Waals surface area contributed by atoms with E-state index < -0.39 is 0 Å². The molecule has 4 nitrogen and oxygen atoms in total. The van der Waals surface area contributed by atoms with E-state index in [0.717, 1.165) is 12.8 Å². The molecule has 0 aromatic carbocycles. The van der Waals surface area contributed by atoms with Crippen molar-refractivity contribution >= 4 is 5.97 Å². The largest absolute Gasteiger partial charge is 0.469 e. The van der Waals surface area contributed by atoms with E-state index in [1.807, 2.05) is 0 Å². The number of rotatable bonds is 3. The maximum atomic E-state index is 11.1. The monoisotopic (exact) mass is 188 g/mol. The second kappa shape index (κ2) is 4.58. The van der Waals surface area contributed by atoms with Crippen molar-refractivity contribution < 1.29 is 19.4 Å². The smallest absolute Gasteiger partial charge is 0.311 e. The second-order valence-electron chi connectivity index (χ2n) is 3.37. The summed E-state index contributed by atoms with van der Waals surface area (Å²) >= 11 is 0. The van der Waals surface area contributed by atoms with Gasteiger partial charge in [-0.15, -0.1) is 0 Å². The molecule has 1 aliphatic rings. The van der Waals surface area contributed by atoms with E-state index in [2.05, 4.69) is 4.74 Å². The summed E-state index contributed by atoms with van der Waals surface area (Å²) in [5, 5.41) is 8.82. The summed E-state index contributed by atoms with van der Waals surface area (Å²) in [6.45, 7) is 1.82. The average Bonchev–Trinajstić information content (AvgIpc) is 2.63. The Hall–Kier alpha value is -0.610. The number of hydrogen-bond donors (Lipinski definition) is 1. The number of methoxy groups -OCH3 is 1. The molecule has 0 saturated carbocycles. The lowest BCUT2D eigenvalue weighted by molar-refractivity contribution is -0.150. The van der Waals surface area contributed by atoms with Crippen LogP contribution in [0.2, 0.25) is 0 Å². The van der Waals surface area contributed by atoms with Gasteiger partial charge in [-0.25, -0.2) is 0 Å². The molecule has 0 aromatic rings. The van der Waals surface area contributed by atoms with Crippen molar-refractivity contribution in [1.29, 1.82) is 0 Å². The molecule has 1 N–H and O–H groups in total. The quantitative estimate of drug-likeness (QED) is 0.649. The fourth-order valence-electron chi connectivity index (χ4n) is 1.57. The predicted octanol–water partition coefficient (Wildman–Crippen LogP) is 0.335. The molecule has 0 aromatic heterocycles. The Morgan fingerprint density at radius 3 is 2.85 bits per heavy atom. The molecule has 0 aliphatic carbocycles. The highest BCUT2D eigenvalue weighted by Gasteiger charge is 2.32. The first-order chi connectivity index (χ1) is 6.19. The number of aliphatic hydroxyl groups is 1. The maximum absolute atomic E-state index is 11.1. The SMILES string of the molecule is COC(=O)[C@H](C)[C@@H]1CC[C@H](CO)O1. The molecule has 1 rings (SSSR count). The summed E-state index contributed by atoms with van der Waals surface area (Å²) in [6, 6.07) is 0. The zero-order valence-corrected chi connectivity index (χ0v) is 8.03. The molecule has 1 heterocycles. The molecule has 1 aliphatic heterocycles. The molecule has 3 atom stereocenters. The van der Waals surface area contributed by atoms with E-state index in [-0.39, 0.29) is 30.7 Å². The zero-order chi connectivity index (χ0) is 9.84. The summed E-state index contributed by atoms with van der Waals surface area (Å²) in [5.41, 5.74) is 0. The number of esters is 1. The van der Waals surface area contributed by atoms with E-state index in [4.69, 9.17) is 9.84 Å². The Bertz CT molecular complexity index is 180. The second-order valence-corrected chi connectivity index (χ2v) is 3.37. The van der Waals surface area contributed by atoms with Crippen molar-refractivity contribution in [3.05, 3.63) is 0 Å². The molecule has 0 unspecified atom stereocenters. The van der Waals surface area contributed by atoms with Gasteiger partial charge in [-0.05, 0) is 19.8 Å². The Labute approximate surface area is 77.8 Å².